The first-order valence-corrected chi connectivity index (χ1v) is 17.4. The van der Waals surface area contributed by atoms with E-state index in [2.05, 4.69) is 60.4 Å². The predicted molar refractivity (Wildman–Crippen MR) is 145 cm³/mol. The highest BCUT2D eigenvalue weighted by molar-refractivity contribution is 6.84. The average molecular weight is 573 g/mol. The van der Waals surface area contributed by atoms with Gasteiger partial charge >= 0.3 is 28.8 Å². The van der Waals surface area contributed by atoms with Gasteiger partial charge in [0.05, 0.1) is 26.7 Å². The monoisotopic (exact) mass is 572 g/mol. The van der Waals surface area contributed by atoms with Crippen LogP contribution < -0.4 is 11.2 Å². The molecule has 0 saturated carbocycles. The average Bonchev–Trinajstić information content (AvgIpc) is 3.14. The Morgan fingerprint density at radius 1 is 1.05 bits per heavy atom. The summed E-state index contributed by atoms with van der Waals surface area (Å²) in [6.07, 6.45) is -1.45. The van der Waals surface area contributed by atoms with E-state index in [1.807, 2.05) is 0 Å². The lowest BCUT2D eigenvalue weighted by Crippen LogP contribution is -2.66. The molecule has 0 spiro atoms. The molecule has 1 unspecified atom stereocenters. The van der Waals surface area contributed by atoms with Gasteiger partial charge in [0.25, 0.3) is 5.56 Å². The highest BCUT2D eigenvalue weighted by Gasteiger charge is 2.62. The SMILES string of the molecule is COC(=O)CCOC1[C@H]2O[Si](C(C)C)(C(C)C)O[Si](C(C)C)(C(C)C)OC[C@H]2O[C@H]1n1ccc(=O)[nH]c1=O. The Balaban J connectivity index is 2.11. The summed E-state index contributed by atoms with van der Waals surface area (Å²) in [5, 5.41) is 0. The maximum Gasteiger partial charge on any atom is 0.335 e. The zero-order chi connectivity index (χ0) is 28.4. The van der Waals surface area contributed by atoms with Gasteiger partial charge in [-0.3, -0.25) is 19.1 Å². The number of carbonyl (C=O) groups excluding carboxylic acids is 1. The number of H-pyrrole nitrogens is 1. The molecule has 3 heterocycles. The third-order valence-electron chi connectivity index (χ3n) is 7.59. The van der Waals surface area contributed by atoms with Crippen molar-refractivity contribution in [3.63, 3.8) is 0 Å². The van der Waals surface area contributed by atoms with Crippen molar-refractivity contribution >= 4 is 23.1 Å². The molecular formula is C25H44N2O9Si2. The number of aromatic amines is 1. The smallest absolute Gasteiger partial charge is 0.335 e. The number of hydrogen-bond acceptors (Lipinski definition) is 9. The molecule has 13 heteroatoms. The van der Waals surface area contributed by atoms with E-state index < -0.39 is 58.9 Å². The summed E-state index contributed by atoms with van der Waals surface area (Å²) >= 11 is 0. The molecule has 2 aliphatic heterocycles. The lowest BCUT2D eigenvalue weighted by molar-refractivity contribution is -0.143. The van der Waals surface area contributed by atoms with Crippen molar-refractivity contribution in [3.05, 3.63) is 33.1 Å². The van der Waals surface area contributed by atoms with Gasteiger partial charge in [-0.05, 0) is 22.2 Å². The zero-order valence-electron chi connectivity index (χ0n) is 24.0. The Hall–Kier alpha value is -1.62. The van der Waals surface area contributed by atoms with Crippen LogP contribution in [0, 0.1) is 0 Å². The first-order chi connectivity index (χ1) is 17.8. The van der Waals surface area contributed by atoms with Crippen LogP contribution in [0.5, 0.6) is 0 Å². The van der Waals surface area contributed by atoms with Gasteiger partial charge < -0.3 is 27.2 Å². The van der Waals surface area contributed by atoms with Gasteiger partial charge in [-0.25, -0.2) is 4.79 Å². The molecule has 1 N–H and O–H groups in total. The fourth-order valence-electron chi connectivity index (χ4n) is 5.53. The van der Waals surface area contributed by atoms with Crippen molar-refractivity contribution in [1.82, 2.24) is 9.55 Å². The molecule has 0 aliphatic carbocycles. The standard InChI is InChI=1S/C25H44N2O9Si2/c1-15(2)37(16(3)4)33-14-19-22(35-38(36-37,17(5)6)18(7)8)23(32-13-11-21(29)31-9)24(34-19)27-12-10-20(28)26-25(27)30/h10,12,15-19,22-24H,11,13-14H2,1-9H3,(H,26,28,30)/t19-,22+,23?,24-/m1/s1. The predicted octanol–water partition coefficient (Wildman–Crippen LogP) is 3.34. The van der Waals surface area contributed by atoms with Crippen molar-refractivity contribution < 1.29 is 32.0 Å². The van der Waals surface area contributed by atoms with Crippen LogP contribution >= 0.6 is 0 Å². The minimum atomic E-state index is -2.99. The fourth-order valence-corrected chi connectivity index (χ4v) is 16.7. The molecule has 2 fully saturated rings. The number of nitrogens with zero attached hydrogens (tertiary/aromatic N) is 1. The number of esters is 1. The van der Waals surface area contributed by atoms with Gasteiger partial charge in [0.1, 0.15) is 18.3 Å². The van der Waals surface area contributed by atoms with Gasteiger partial charge in [-0.15, -0.1) is 0 Å². The van der Waals surface area contributed by atoms with Gasteiger partial charge in [-0.1, -0.05) is 55.4 Å². The summed E-state index contributed by atoms with van der Waals surface area (Å²) < 4.78 is 39.8. The lowest BCUT2D eigenvalue weighted by atomic mass is 10.1. The number of fused-ring (bicyclic) bond motifs is 1. The highest BCUT2D eigenvalue weighted by atomic mass is 28.5. The normalized spacial score (nSPS) is 27.0. The minimum absolute atomic E-state index is 0.0261. The Bertz CT molecular complexity index is 1060. The summed E-state index contributed by atoms with van der Waals surface area (Å²) in [7, 11) is -4.46. The summed E-state index contributed by atoms with van der Waals surface area (Å²) in [6, 6.07) is 1.26. The van der Waals surface area contributed by atoms with Crippen LogP contribution in [-0.4, -0.2) is 71.3 Å². The number of rotatable bonds is 9. The molecule has 11 nitrogen and oxygen atoms in total. The van der Waals surface area contributed by atoms with E-state index in [9.17, 15) is 14.4 Å². The quantitative estimate of drug-likeness (QED) is 0.350. The molecule has 1 aromatic rings. The number of methoxy groups -OCH3 is 1. The summed E-state index contributed by atoms with van der Waals surface area (Å²) in [5.41, 5.74) is -0.641. The Kier molecular flexibility index (Phi) is 9.99. The van der Waals surface area contributed by atoms with Crippen LogP contribution in [0.15, 0.2) is 21.9 Å². The highest BCUT2D eigenvalue weighted by Crippen LogP contribution is 2.48. The fraction of sp³-hybridized carbons (Fsp3) is 0.800. The molecule has 2 saturated heterocycles. The van der Waals surface area contributed by atoms with Crippen molar-refractivity contribution in [2.24, 2.45) is 0 Å². The molecule has 216 valence electrons. The van der Waals surface area contributed by atoms with Crippen LogP contribution in [0.1, 0.15) is 68.0 Å². The molecule has 4 atom stereocenters. The Labute approximate surface area is 226 Å². The van der Waals surface area contributed by atoms with E-state index >= 15 is 0 Å². The number of carbonyl (C=O) groups is 1. The second-order valence-corrected chi connectivity index (χ2v) is 20.1. The van der Waals surface area contributed by atoms with E-state index in [-0.39, 0.29) is 41.8 Å². The minimum Gasteiger partial charge on any atom is -0.469 e. The maximum absolute atomic E-state index is 12.8. The number of nitrogens with one attached hydrogen (secondary N) is 1. The zero-order valence-corrected chi connectivity index (χ0v) is 26.0. The molecular weight excluding hydrogens is 528 g/mol. The molecule has 3 rings (SSSR count). The molecule has 1 aromatic heterocycles. The first kappa shape index (κ1) is 30.9. The molecule has 0 aromatic carbocycles. The van der Waals surface area contributed by atoms with Crippen LogP contribution in [0.25, 0.3) is 0 Å². The van der Waals surface area contributed by atoms with Crippen molar-refractivity contribution in [3.8, 4) is 0 Å². The molecule has 38 heavy (non-hydrogen) atoms. The number of hydrogen-bond donors (Lipinski definition) is 1. The van der Waals surface area contributed by atoms with E-state index in [1.165, 1.54) is 23.9 Å². The lowest BCUT2D eigenvalue weighted by Gasteiger charge is -2.51. The topological polar surface area (TPSA) is 127 Å². The van der Waals surface area contributed by atoms with Gasteiger partial charge in [0.2, 0.25) is 0 Å². The van der Waals surface area contributed by atoms with E-state index in [1.54, 1.807) is 0 Å². The molecule has 0 amide bonds. The van der Waals surface area contributed by atoms with Gasteiger partial charge in [0, 0.05) is 12.3 Å². The van der Waals surface area contributed by atoms with E-state index in [0.717, 1.165) is 0 Å². The Morgan fingerprint density at radius 2 is 1.66 bits per heavy atom. The Morgan fingerprint density at radius 3 is 2.18 bits per heavy atom. The van der Waals surface area contributed by atoms with Gasteiger partial charge in [0.15, 0.2) is 6.23 Å². The largest absolute Gasteiger partial charge is 0.469 e. The molecule has 0 bridgehead atoms. The summed E-state index contributed by atoms with van der Waals surface area (Å²) in [4.78, 5) is 38.6. The third-order valence-corrected chi connectivity index (χ3v) is 17.8. The summed E-state index contributed by atoms with van der Waals surface area (Å²) in [6.45, 7) is 17.3. The van der Waals surface area contributed by atoms with Crippen molar-refractivity contribution in [1.29, 1.82) is 0 Å². The first-order valence-electron chi connectivity index (χ1n) is 13.5. The number of ether oxygens (including phenoxy) is 3. The van der Waals surface area contributed by atoms with Crippen LogP contribution in [0.2, 0.25) is 22.2 Å². The van der Waals surface area contributed by atoms with Crippen LogP contribution in [0.3, 0.4) is 0 Å². The van der Waals surface area contributed by atoms with E-state index in [0.29, 0.717) is 0 Å². The third kappa shape index (κ3) is 5.93. The van der Waals surface area contributed by atoms with E-state index in [4.69, 9.17) is 27.2 Å². The maximum atomic E-state index is 12.8. The molecule has 0 radical (unpaired) electrons. The van der Waals surface area contributed by atoms with Crippen molar-refractivity contribution in [2.45, 2.75) is 109 Å². The second kappa shape index (κ2) is 12.3. The summed E-state index contributed by atoms with van der Waals surface area (Å²) in [5.74, 6) is -0.416. The van der Waals surface area contributed by atoms with Crippen molar-refractivity contribution in [2.75, 3.05) is 20.3 Å². The second-order valence-electron chi connectivity index (χ2n) is 11.3. The van der Waals surface area contributed by atoms with Gasteiger partial charge in [-0.2, -0.15) is 0 Å². The van der Waals surface area contributed by atoms with Crippen LogP contribution in [0.4, 0.5) is 0 Å². The van der Waals surface area contributed by atoms with Crippen LogP contribution in [-0.2, 0) is 32.0 Å². The number of aromatic nitrogens is 2. The molecule has 2 aliphatic rings.